The maximum Gasteiger partial charge on any atom is 0.228 e. The molecule has 1 atom stereocenters. The van der Waals surface area contributed by atoms with E-state index >= 15 is 0 Å². The zero-order valence-electron chi connectivity index (χ0n) is 16.6. The van der Waals surface area contributed by atoms with Crippen LogP contribution in [0.2, 0.25) is 0 Å². The molecule has 1 aliphatic heterocycles. The van der Waals surface area contributed by atoms with Crippen LogP contribution in [-0.4, -0.2) is 21.7 Å². The molecule has 30 heavy (non-hydrogen) atoms. The lowest BCUT2D eigenvalue weighted by molar-refractivity contribution is -0.129. The first-order valence-electron chi connectivity index (χ1n) is 9.51. The second-order valence-electron chi connectivity index (χ2n) is 7.07. The van der Waals surface area contributed by atoms with E-state index in [-0.39, 0.29) is 30.1 Å². The molecule has 4 rings (SSSR count). The smallest absolute Gasteiger partial charge is 0.228 e. The number of carbonyl (C=O) groups excluding carboxylic acids is 2. The molecule has 1 unspecified atom stereocenters. The Labute approximate surface area is 177 Å². The second-order valence-corrected chi connectivity index (χ2v) is 8.27. The molecule has 152 valence electrons. The molecule has 7 heteroatoms. The van der Waals surface area contributed by atoms with Crippen molar-refractivity contribution in [1.82, 2.24) is 9.88 Å². The number of amides is 2. The maximum atomic E-state index is 13.2. The van der Waals surface area contributed by atoms with E-state index in [2.05, 4.69) is 10.3 Å². The quantitative estimate of drug-likeness (QED) is 0.633. The van der Waals surface area contributed by atoms with Crippen molar-refractivity contribution in [3.8, 4) is 11.3 Å². The Hall–Kier alpha value is -3.32. The molecule has 0 radical (unpaired) electrons. The molecule has 1 aromatic heterocycles. The Balaban J connectivity index is 1.53. The summed E-state index contributed by atoms with van der Waals surface area (Å²) >= 11 is 1.37. The van der Waals surface area contributed by atoms with Crippen molar-refractivity contribution in [2.75, 3.05) is 5.32 Å². The molecule has 0 spiro atoms. The molecule has 2 amide bonds. The van der Waals surface area contributed by atoms with E-state index in [0.717, 1.165) is 21.6 Å². The van der Waals surface area contributed by atoms with E-state index in [1.54, 1.807) is 23.2 Å². The van der Waals surface area contributed by atoms with Gasteiger partial charge in [-0.3, -0.25) is 9.59 Å². The normalized spacial score (nSPS) is 15.0. The van der Waals surface area contributed by atoms with Crippen molar-refractivity contribution >= 4 is 34.4 Å². The van der Waals surface area contributed by atoms with Gasteiger partial charge in [-0.25, -0.2) is 9.37 Å². The number of halogens is 1. The molecular weight excluding hydrogens is 401 g/mol. The van der Waals surface area contributed by atoms with Crippen LogP contribution in [0.4, 0.5) is 9.52 Å². The summed E-state index contributed by atoms with van der Waals surface area (Å²) in [5.41, 5.74) is 3.44. The van der Waals surface area contributed by atoms with E-state index in [4.69, 9.17) is 0 Å². The molecule has 1 aliphatic rings. The summed E-state index contributed by atoms with van der Waals surface area (Å²) in [6, 6.07) is 13.5. The van der Waals surface area contributed by atoms with Crippen LogP contribution in [0, 0.1) is 12.7 Å². The van der Waals surface area contributed by atoms with Crippen LogP contribution in [0.15, 0.2) is 54.7 Å². The number of benzene rings is 2. The standard InChI is InChI=1S/C23H20FN3O2S/c1-14-22(17-7-9-18(24)10-8-17)26-23(30-14)25-21(29)13-20-19-6-4-3-5-16(19)11-12-27(20)15(2)28/h3-12,20H,13H2,1-2H3,(H,25,26,29). The van der Waals surface area contributed by atoms with Gasteiger partial charge in [0.1, 0.15) is 5.82 Å². The highest BCUT2D eigenvalue weighted by molar-refractivity contribution is 7.16. The van der Waals surface area contributed by atoms with E-state index in [9.17, 15) is 14.0 Å². The van der Waals surface area contributed by atoms with Crippen LogP contribution in [0.25, 0.3) is 17.3 Å². The number of carbonyl (C=O) groups is 2. The summed E-state index contributed by atoms with van der Waals surface area (Å²) in [7, 11) is 0. The maximum absolute atomic E-state index is 13.2. The van der Waals surface area contributed by atoms with Gasteiger partial charge in [-0.05, 0) is 48.4 Å². The summed E-state index contributed by atoms with van der Waals surface area (Å²) in [6.07, 6.45) is 3.72. The summed E-state index contributed by atoms with van der Waals surface area (Å²) in [5, 5.41) is 3.33. The molecule has 0 saturated carbocycles. The third-order valence-electron chi connectivity index (χ3n) is 5.01. The summed E-state index contributed by atoms with van der Waals surface area (Å²) in [5.74, 6) is -0.657. The predicted octanol–water partition coefficient (Wildman–Crippen LogP) is 5.16. The Morgan fingerprint density at radius 1 is 1.17 bits per heavy atom. The highest BCUT2D eigenvalue weighted by atomic mass is 32.1. The third-order valence-corrected chi connectivity index (χ3v) is 5.89. The average molecular weight is 421 g/mol. The first kappa shape index (κ1) is 20.0. The minimum absolute atomic E-state index is 0.117. The lowest BCUT2D eigenvalue weighted by Gasteiger charge is -2.32. The molecule has 2 aromatic carbocycles. The lowest BCUT2D eigenvalue weighted by atomic mass is 9.93. The van der Waals surface area contributed by atoms with Gasteiger partial charge in [0.2, 0.25) is 11.8 Å². The van der Waals surface area contributed by atoms with Crippen LogP contribution in [0.5, 0.6) is 0 Å². The topological polar surface area (TPSA) is 62.3 Å². The number of fused-ring (bicyclic) bond motifs is 1. The van der Waals surface area contributed by atoms with Crippen LogP contribution < -0.4 is 5.32 Å². The van der Waals surface area contributed by atoms with Gasteiger partial charge in [-0.15, -0.1) is 11.3 Å². The number of hydrogen-bond acceptors (Lipinski definition) is 4. The zero-order chi connectivity index (χ0) is 21.3. The molecular formula is C23H20FN3O2S. The predicted molar refractivity (Wildman–Crippen MR) is 116 cm³/mol. The van der Waals surface area contributed by atoms with Crippen molar-refractivity contribution in [1.29, 1.82) is 0 Å². The van der Waals surface area contributed by atoms with Crippen molar-refractivity contribution < 1.29 is 14.0 Å². The fourth-order valence-corrected chi connectivity index (χ4v) is 4.44. The first-order valence-corrected chi connectivity index (χ1v) is 10.3. The largest absolute Gasteiger partial charge is 0.311 e. The number of anilines is 1. The molecule has 1 N–H and O–H groups in total. The molecule has 2 heterocycles. The van der Waals surface area contributed by atoms with Crippen LogP contribution >= 0.6 is 11.3 Å². The van der Waals surface area contributed by atoms with E-state index in [1.165, 1.54) is 30.4 Å². The Bertz CT molecular complexity index is 1140. The number of hydrogen-bond donors (Lipinski definition) is 1. The van der Waals surface area contributed by atoms with E-state index in [0.29, 0.717) is 10.8 Å². The van der Waals surface area contributed by atoms with Crippen molar-refractivity contribution in [2.24, 2.45) is 0 Å². The third kappa shape index (κ3) is 4.02. The van der Waals surface area contributed by atoms with Gasteiger partial charge in [-0.1, -0.05) is 24.3 Å². The lowest BCUT2D eigenvalue weighted by Crippen LogP contribution is -2.33. The van der Waals surface area contributed by atoms with Gasteiger partial charge in [0.25, 0.3) is 0 Å². The highest BCUT2D eigenvalue weighted by Crippen LogP contribution is 2.34. The van der Waals surface area contributed by atoms with Gasteiger partial charge >= 0.3 is 0 Å². The molecule has 0 aliphatic carbocycles. The van der Waals surface area contributed by atoms with Crippen LogP contribution in [0.3, 0.4) is 0 Å². The Morgan fingerprint density at radius 2 is 1.90 bits per heavy atom. The van der Waals surface area contributed by atoms with Gasteiger partial charge in [0.05, 0.1) is 18.2 Å². The molecule has 0 bridgehead atoms. The zero-order valence-corrected chi connectivity index (χ0v) is 17.4. The minimum atomic E-state index is -0.374. The second kappa shape index (κ2) is 8.20. The SMILES string of the molecule is CC(=O)N1C=Cc2ccccc2C1CC(=O)Nc1nc(-c2ccc(F)cc2)c(C)s1. The van der Waals surface area contributed by atoms with Crippen LogP contribution in [0.1, 0.15) is 35.4 Å². The van der Waals surface area contributed by atoms with Gasteiger partial charge in [-0.2, -0.15) is 0 Å². The number of nitrogens with zero attached hydrogens (tertiary/aromatic N) is 2. The molecule has 5 nitrogen and oxygen atoms in total. The monoisotopic (exact) mass is 421 g/mol. The number of aromatic nitrogens is 1. The molecule has 0 fully saturated rings. The van der Waals surface area contributed by atoms with E-state index < -0.39 is 0 Å². The van der Waals surface area contributed by atoms with Crippen molar-refractivity contribution in [3.63, 3.8) is 0 Å². The van der Waals surface area contributed by atoms with Crippen molar-refractivity contribution in [2.45, 2.75) is 26.3 Å². The highest BCUT2D eigenvalue weighted by Gasteiger charge is 2.28. The number of thiazole rings is 1. The van der Waals surface area contributed by atoms with Gasteiger partial charge in [0, 0.05) is 23.6 Å². The number of rotatable bonds is 4. The number of aryl methyl sites for hydroxylation is 1. The summed E-state index contributed by atoms with van der Waals surface area (Å²) in [4.78, 5) is 31.9. The summed E-state index contributed by atoms with van der Waals surface area (Å²) < 4.78 is 13.2. The van der Waals surface area contributed by atoms with Gasteiger partial charge < -0.3 is 10.2 Å². The minimum Gasteiger partial charge on any atom is -0.311 e. The average Bonchev–Trinajstić information content (AvgIpc) is 3.08. The van der Waals surface area contributed by atoms with E-state index in [1.807, 2.05) is 37.3 Å². The summed E-state index contributed by atoms with van der Waals surface area (Å²) in [6.45, 7) is 3.40. The van der Waals surface area contributed by atoms with Crippen LogP contribution in [-0.2, 0) is 9.59 Å². The fourth-order valence-electron chi connectivity index (χ4n) is 3.58. The number of nitrogens with one attached hydrogen (secondary N) is 1. The Morgan fingerprint density at radius 3 is 2.63 bits per heavy atom. The van der Waals surface area contributed by atoms with Gasteiger partial charge in [0.15, 0.2) is 5.13 Å². The first-order chi connectivity index (χ1) is 14.4. The molecule has 3 aromatic rings. The Kier molecular flexibility index (Phi) is 5.46. The van der Waals surface area contributed by atoms with Crippen molar-refractivity contribution in [3.05, 3.63) is 76.6 Å². The fraction of sp³-hybridized carbons (Fsp3) is 0.174. The molecule has 0 saturated heterocycles.